The molecule has 114 valence electrons. The van der Waals surface area contributed by atoms with Gasteiger partial charge in [-0.25, -0.2) is 0 Å². The number of nitrogens with zero attached hydrogens (tertiary/aromatic N) is 4. The topological polar surface area (TPSA) is 60.4 Å². The minimum Gasteiger partial charge on any atom is -0.461 e. The van der Waals surface area contributed by atoms with Crippen molar-refractivity contribution in [1.82, 2.24) is 15.0 Å². The maximum absolute atomic E-state index is 5.89. The number of anilines is 1. The van der Waals surface area contributed by atoms with Crippen molar-refractivity contribution in [2.75, 3.05) is 37.8 Å². The average Bonchev–Trinajstić information content (AvgIpc) is 2.43. The highest BCUT2D eigenvalue weighted by atomic mass is 35.5. The van der Waals surface area contributed by atoms with E-state index in [9.17, 15) is 0 Å². The zero-order valence-corrected chi connectivity index (χ0v) is 13.2. The molecule has 0 aromatic carbocycles. The Morgan fingerprint density at radius 1 is 1.00 bits per heavy atom. The molecule has 7 heteroatoms. The summed E-state index contributed by atoms with van der Waals surface area (Å²) in [5, 5.41) is 0.142. The molecule has 0 spiro atoms. The van der Waals surface area contributed by atoms with Crippen LogP contribution in [0, 0.1) is 0 Å². The summed E-state index contributed by atoms with van der Waals surface area (Å²) in [5.74, 6) is 0.539. The van der Waals surface area contributed by atoms with Crippen molar-refractivity contribution in [3.63, 3.8) is 0 Å². The van der Waals surface area contributed by atoms with Gasteiger partial charge in [-0.1, -0.05) is 13.3 Å². The Labute approximate surface area is 125 Å². The van der Waals surface area contributed by atoms with Gasteiger partial charge in [0.25, 0.3) is 0 Å². The van der Waals surface area contributed by atoms with Gasteiger partial charge in [-0.05, 0) is 31.9 Å². The van der Waals surface area contributed by atoms with Gasteiger partial charge in [-0.15, -0.1) is 0 Å². The van der Waals surface area contributed by atoms with E-state index in [0.717, 1.165) is 32.5 Å². The van der Waals surface area contributed by atoms with Gasteiger partial charge in [0.15, 0.2) is 0 Å². The molecular formula is C13H23ClN4O2. The molecule has 0 N–H and O–H groups in total. The Kier molecular flexibility index (Phi) is 8.22. The SMILES string of the molecule is CCCCOCCOc1nc(Cl)nc(N(CC)CC)n1. The molecule has 0 aliphatic carbocycles. The van der Waals surface area contributed by atoms with Crippen molar-refractivity contribution in [3.05, 3.63) is 5.28 Å². The second-order valence-corrected chi connectivity index (χ2v) is 4.51. The second-order valence-electron chi connectivity index (χ2n) is 4.17. The maximum atomic E-state index is 5.89. The third kappa shape index (κ3) is 5.88. The smallest absolute Gasteiger partial charge is 0.322 e. The normalized spacial score (nSPS) is 10.6. The van der Waals surface area contributed by atoms with E-state index < -0.39 is 0 Å². The summed E-state index contributed by atoms with van der Waals surface area (Å²) in [6.45, 7) is 9.47. The summed E-state index contributed by atoms with van der Waals surface area (Å²) in [6.07, 6.45) is 2.18. The molecule has 0 radical (unpaired) electrons. The number of ether oxygens (including phenoxy) is 2. The molecule has 1 rings (SSSR count). The first kappa shape index (κ1) is 16.9. The number of aromatic nitrogens is 3. The molecule has 0 fully saturated rings. The summed E-state index contributed by atoms with van der Waals surface area (Å²) in [7, 11) is 0. The molecule has 0 atom stereocenters. The molecule has 20 heavy (non-hydrogen) atoms. The van der Waals surface area contributed by atoms with Crippen LogP contribution in [0.15, 0.2) is 0 Å². The molecular weight excluding hydrogens is 280 g/mol. The Hall–Kier alpha value is -1.14. The highest BCUT2D eigenvalue weighted by Crippen LogP contribution is 2.14. The van der Waals surface area contributed by atoms with Crippen LogP contribution in [0.4, 0.5) is 5.95 Å². The lowest BCUT2D eigenvalue weighted by molar-refractivity contribution is 0.0947. The van der Waals surface area contributed by atoms with Crippen LogP contribution in [0.3, 0.4) is 0 Å². The Morgan fingerprint density at radius 2 is 1.75 bits per heavy atom. The molecule has 1 aromatic rings. The fraction of sp³-hybridized carbons (Fsp3) is 0.769. The van der Waals surface area contributed by atoms with E-state index >= 15 is 0 Å². The van der Waals surface area contributed by atoms with Crippen molar-refractivity contribution in [2.45, 2.75) is 33.6 Å². The van der Waals surface area contributed by atoms with Crippen LogP contribution in [0.5, 0.6) is 6.01 Å². The summed E-state index contributed by atoms with van der Waals surface area (Å²) in [5.41, 5.74) is 0. The van der Waals surface area contributed by atoms with Gasteiger partial charge in [0.1, 0.15) is 6.61 Å². The summed E-state index contributed by atoms with van der Waals surface area (Å²) >= 11 is 5.89. The van der Waals surface area contributed by atoms with Gasteiger partial charge in [-0.2, -0.15) is 15.0 Å². The fourth-order valence-corrected chi connectivity index (χ4v) is 1.72. The van der Waals surface area contributed by atoms with Gasteiger partial charge in [0.05, 0.1) is 6.61 Å². The number of rotatable bonds is 10. The number of unbranched alkanes of at least 4 members (excludes halogenated alkanes) is 1. The number of hydrogen-bond acceptors (Lipinski definition) is 6. The van der Waals surface area contributed by atoms with Gasteiger partial charge < -0.3 is 14.4 Å². The zero-order chi connectivity index (χ0) is 14.8. The van der Waals surface area contributed by atoms with E-state index in [1.54, 1.807) is 0 Å². The Bertz CT molecular complexity index is 389. The van der Waals surface area contributed by atoms with Crippen molar-refractivity contribution >= 4 is 17.5 Å². The largest absolute Gasteiger partial charge is 0.461 e. The molecule has 1 aromatic heterocycles. The van der Waals surface area contributed by atoms with Gasteiger partial charge in [-0.3, -0.25) is 0 Å². The van der Waals surface area contributed by atoms with Crippen LogP contribution in [0.2, 0.25) is 5.28 Å². The van der Waals surface area contributed by atoms with Gasteiger partial charge >= 0.3 is 6.01 Å². The molecule has 0 saturated carbocycles. The highest BCUT2D eigenvalue weighted by Gasteiger charge is 2.10. The van der Waals surface area contributed by atoms with E-state index in [0.29, 0.717) is 19.2 Å². The van der Waals surface area contributed by atoms with Crippen LogP contribution >= 0.6 is 11.6 Å². The predicted molar refractivity (Wildman–Crippen MR) is 79.6 cm³/mol. The molecule has 0 bridgehead atoms. The molecule has 0 amide bonds. The minimum absolute atomic E-state index is 0.142. The predicted octanol–water partition coefficient (Wildman–Crippen LogP) is 2.57. The van der Waals surface area contributed by atoms with Crippen molar-refractivity contribution < 1.29 is 9.47 Å². The van der Waals surface area contributed by atoms with Gasteiger partial charge in [0, 0.05) is 19.7 Å². The fourth-order valence-electron chi connectivity index (χ4n) is 1.57. The third-order valence-corrected chi connectivity index (χ3v) is 2.89. The molecule has 0 unspecified atom stereocenters. The first-order chi connectivity index (χ1) is 9.71. The van der Waals surface area contributed by atoms with Crippen LogP contribution in [-0.4, -0.2) is 47.9 Å². The highest BCUT2D eigenvalue weighted by molar-refractivity contribution is 6.28. The molecule has 6 nitrogen and oxygen atoms in total. The van der Waals surface area contributed by atoms with Crippen LogP contribution in [-0.2, 0) is 4.74 Å². The first-order valence-corrected chi connectivity index (χ1v) is 7.46. The van der Waals surface area contributed by atoms with E-state index in [-0.39, 0.29) is 11.3 Å². The second kappa shape index (κ2) is 9.72. The molecule has 0 aliphatic rings. The van der Waals surface area contributed by atoms with E-state index in [1.165, 1.54) is 0 Å². The lowest BCUT2D eigenvalue weighted by atomic mass is 10.4. The van der Waals surface area contributed by atoms with E-state index in [1.807, 2.05) is 18.7 Å². The molecule has 1 heterocycles. The molecule has 0 aliphatic heterocycles. The lowest BCUT2D eigenvalue weighted by Crippen LogP contribution is -2.24. The summed E-state index contributed by atoms with van der Waals surface area (Å²) in [4.78, 5) is 14.3. The Balaban J connectivity index is 2.49. The number of hydrogen-bond donors (Lipinski definition) is 0. The van der Waals surface area contributed by atoms with E-state index in [4.69, 9.17) is 21.1 Å². The maximum Gasteiger partial charge on any atom is 0.322 e. The van der Waals surface area contributed by atoms with Gasteiger partial charge in [0.2, 0.25) is 11.2 Å². The van der Waals surface area contributed by atoms with Crippen molar-refractivity contribution in [1.29, 1.82) is 0 Å². The standard InChI is InChI=1S/C13H23ClN4O2/c1-4-7-8-19-9-10-20-13-16-11(14)15-12(17-13)18(5-2)6-3/h4-10H2,1-3H3. The van der Waals surface area contributed by atoms with E-state index in [2.05, 4.69) is 21.9 Å². The van der Waals surface area contributed by atoms with Crippen molar-refractivity contribution in [2.24, 2.45) is 0 Å². The lowest BCUT2D eigenvalue weighted by Gasteiger charge is -2.18. The Morgan fingerprint density at radius 3 is 2.40 bits per heavy atom. The average molecular weight is 303 g/mol. The monoisotopic (exact) mass is 302 g/mol. The minimum atomic E-state index is 0.142. The summed E-state index contributed by atoms with van der Waals surface area (Å²) < 4.78 is 10.9. The van der Waals surface area contributed by atoms with Crippen LogP contribution < -0.4 is 9.64 Å². The quantitative estimate of drug-likeness (QED) is 0.619. The zero-order valence-electron chi connectivity index (χ0n) is 12.4. The summed E-state index contributed by atoms with van der Waals surface area (Å²) in [6, 6.07) is 0.242. The number of halogens is 1. The van der Waals surface area contributed by atoms with Crippen LogP contribution in [0.1, 0.15) is 33.6 Å². The molecule has 0 saturated heterocycles. The first-order valence-electron chi connectivity index (χ1n) is 7.08. The third-order valence-electron chi connectivity index (χ3n) is 2.72. The van der Waals surface area contributed by atoms with Crippen molar-refractivity contribution in [3.8, 4) is 6.01 Å². The van der Waals surface area contributed by atoms with Crippen LogP contribution in [0.25, 0.3) is 0 Å².